The van der Waals surface area contributed by atoms with Crippen LogP contribution in [0.1, 0.15) is 53.9 Å². The van der Waals surface area contributed by atoms with Gasteiger partial charge in [0, 0.05) is 11.8 Å². The van der Waals surface area contributed by atoms with Crippen LogP contribution in [0.25, 0.3) is 0 Å². The highest BCUT2D eigenvalue weighted by atomic mass is 32.2. The molecule has 102 valence electrons. The molecule has 2 N–H and O–H groups in total. The first-order chi connectivity index (χ1) is 7.68. The molecule has 1 fully saturated rings. The highest BCUT2D eigenvalue weighted by molar-refractivity contribution is 7.99. The van der Waals surface area contributed by atoms with Crippen LogP contribution in [-0.4, -0.2) is 28.9 Å². The summed E-state index contributed by atoms with van der Waals surface area (Å²) in [4.78, 5) is 0. The van der Waals surface area contributed by atoms with Crippen molar-refractivity contribution in [2.24, 2.45) is 10.8 Å². The van der Waals surface area contributed by atoms with Crippen molar-refractivity contribution in [3.63, 3.8) is 0 Å². The van der Waals surface area contributed by atoms with E-state index in [1.54, 1.807) is 0 Å². The van der Waals surface area contributed by atoms with Gasteiger partial charge >= 0.3 is 0 Å². The lowest BCUT2D eigenvalue weighted by atomic mass is 9.77. The fourth-order valence-corrected chi connectivity index (χ4v) is 4.21. The number of thioether (sulfide) groups is 1. The molecular formula is C14H29NOS. The van der Waals surface area contributed by atoms with E-state index < -0.39 is 0 Å². The van der Waals surface area contributed by atoms with Crippen molar-refractivity contribution in [2.75, 3.05) is 11.5 Å². The van der Waals surface area contributed by atoms with Gasteiger partial charge in [0.05, 0.1) is 0 Å². The maximum atomic E-state index is 9.39. The van der Waals surface area contributed by atoms with Gasteiger partial charge in [0.15, 0.2) is 0 Å². The Morgan fingerprint density at radius 1 is 1.18 bits per heavy atom. The molecule has 0 radical (unpaired) electrons. The summed E-state index contributed by atoms with van der Waals surface area (Å²) in [6.45, 7) is 11.7. The molecule has 1 aliphatic heterocycles. The molecule has 0 bridgehead atoms. The van der Waals surface area contributed by atoms with E-state index in [2.05, 4.69) is 39.9 Å². The Morgan fingerprint density at radius 2 is 1.82 bits per heavy atom. The molecule has 1 aliphatic rings. The van der Waals surface area contributed by atoms with Gasteiger partial charge in [-0.15, -0.1) is 0 Å². The fraction of sp³-hybridized carbons (Fsp3) is 1.00. The van der Waals surface area contributed by atoms with Crippen molar-refractivity contribution in [3.05, 3.63) is 0 Å². The molecule has 0 saturated carbocycles. The summed E-state index contributed by atoms with van der Waals surface area (Å²) in [6.07, 6.45) is 3.03. The van der Waals surface area contributed by atoms with Crippen LogP contribution in [0, 0.1) is 10.8 Å². The second-order valence-corrected chi connectivity index (χ2v) is 8.40. The van der Waals surface area contributed by atoms with Crippen molar-refractivity contribution in [2.45, 2.75) is 66.2 Å². The lowest BCUT2D eigenvalue weighted by Gasteiger charge is -2.32. The molecule has 17 heavy (non-hydrogen) atoms. The predicted molar refractivity (Wildman–Crippen MR) is 77.3 cm³/mol. The van der Waals surface area contributed by atoms with Gasteiger partial charge in [-0.2, -0.15) is 11.8 Å². The zero-order valence-corrected chi connectivity index (χ0v) is 12.9. The lowest BCUT2D eigenvalue weighted by Crippen LogP contribution is -2.31. The zero-order valence-electron chi connectivity index (χ0n) is 12.0. The van der Waals surface area contributed by atoms with E-state index in [4.69, 9.17) is 0 Å². The predicted octanol–water partition coefficient (Wildman–Crippen LogP) is 3.25. The van der Waals surface area contributed by atoms with Gasteiger partial charge in [-0.05, 0) is 35.8 Å². The van der Waals surface area contributed by atoms with E-state index in [1.807, 2.05) is 11.8 Å². The van der Waals surface area contributed by atoms with Crippen LogP contribution in [0.2, 0.25) is 0 Å². The van der Waals surface area contributed by atoms with Gasteiger partial charge in [-0.3, -0.25) is 5.32 Å². The summed E-state index contributed by atoms with van der Waals surface area (Å²) in [5.41, 5.74) is 0.812. The smallest absolute Gasteiger partial charge is 0.105 e. The first-order valence-electron chi connectivity index (χ1n) is 6.70. The molecule has 1 rings (SSSR count). The zero-order chi connectivity index (χ0) is 13.1. The average molecular weight is 259 g/mol. The molecule has 1 heterocycles. The van der Waals surface area contributed by atoms with Crippen LogP contribution in [0.5, 0.6) is 0 Å². The van der Waals surface area contributed by atoms with Gasteiger partial charge in [-0.1, -0.05) is 34.6 Å². The molecule has 2 atom stereocenters. The Balaban J connectivity index is 2.21. The van der Waals surface area contributed by atoms with E-state index >= 15 is 0 Å². The molecule has 2 unspecified atom stereocenters. The third-order valence-corrected chi connectivity index (χ3v) is 4.66. The topological polar surface area (TPSA) is 32.3 Å². The van der Waals surface area contributed by atoms with Gasteiger partial charge < -0.3 is 5.11 Å². The van der Waals surface area contributed by atoms with E-state index in [0.29, 0.717) is 16.9 Å². The third-order valence-electron chi connectivity index (χ3n) is 3.04. The summed E-state index contributed by atoms with van der Waals surface area (Å²) in [5, 5.41) is 12.6. The molecular weight excluding hydrogens is 230 g/mol. The van der Waals surface area contributed by atoms with Crippen LogP contribution >= 0.6 is 11.8 Å². The molecule has 0 amide bonds. The molecule has 0 spiro atoms. The second-order valence-electron chi connectivity index (χ2n) is 7.37. The van der Waals surface area contributed by atoms with Crippen molar-refractivity contribution >= 4 is 11.8 Å². The Hall–Kier alpha value is 0.270. The van der Waals surface area contributed by atoms with Crippen LogP contribution in [0.4, 0.5) is 0 Å². The van der Waals surface area contributed by atoms with Crippen molar-refractivity contribution < 1.29 is 5.11 Å². The summed E-state index contributed by atoms with van der Waals surface area (Å²) in [7, 11) is 0. The average Bonchev–Trinajstić information content (AvgIpc) is 2.46. The molecule has 0 aromatic heterocycles. The van der Waals surface area contributed by atoms with E-state index in [9.17, 15) is 5.11 Å². The number of nitrogens with one attached hydrogen (secondary N) is 1. The minimum atomic E-state index is -0.261. The standard InChI is InChI=1S/C14H29NOS/c1-13(2,3)9-14(4,5)10-17-8-11-6-7-12(16)15-11/h11-12,15-16H,6-10H2,1-5H3. The van der Waals surface area contributed by atoms with Gasteiger partial charge in [0.2, 0.25) is 0 Å². The van der Waals surface area contributed by atoms with Crippen LogP contribution in [0.15, 0.2) is 0 Å². The monoisotopic (exact) mass is 259 g/mol. The molecule has 0 aromatic rings. The summed E-state index contributed by atoms with van der Waals surface area (Å²) < 4.78 is 0. The highest BCUT2D eigenvalue weighted by Gasteiger charge is 2.27. The van der Waals surface area contributed by atoms with E-state index in [0.717, 1.165) is 18.6 Å². The number of rotatable bonds is 5. The van der Waals surface area contributed by atoms with Crippen LogP contribution in [0.3, 0.4) is 0 Å². The fourth-order valence-electron chi connectivity index (χ4n) is 2.89. The third kappa shape index (κ3) is 6.68. The van der Waals surface area contributed by atoms with Crippen molar-refractivity contribution in [1.82, 2.24) is 5.32 Å². The maximum Gasteiger partial charge on any atom is 0.105 e. The lowest BCUT2D eigenvalue weighted by molar-refractivity contribution is 0.156. The highest BCUT2D eigenvalue weighted by Crippen LogP contribution is 2.35. The Kier molecular flexibility index (Phi) is 5.36. The quantitative estimate of drug-likeness (QED) is 0.795. The van der Waals surface area contributed by atoms with Crippen molar-refractivity contribution in [1.29, 1.82) is 0 Å². The maximum absolute atomic E-state index is 9.39. The Bertz CT molecular complexity index is 235. The minimum absolute atomic E-state index is 0.261. The van der Waals surface area contributed by atoms with Crippen molar-refractivity contribution in [3.8, 4) is 0 Å². The van der Waals surface area contributed by atoms with E-state index in [1.165, 1.54) is 12.2 Å². The molecule has 1 saturated heterocycles. The van der Waals surface area contributed by atoms with Crippen LogP contribution in [-0.2, 0) is 0 Å². The van der Waals surface area contributed by atoms with E-state index in [-0.39, 0.29) is 6.23 Å². The van der Waals surface area contributed by atoms with Gasteiger partial charge in [0.1, 0.15) is 6.23 Å². The van der Waals surface area contributed by atoms with Crippen LogP contribution < -0.4 is 5.32 Å². The number of hydrogen-bond acceptors (Lipinski definition) is 3. The number of aliphatic hydroxyl groups excluding tert-OH is 1. The molecule has 2 nitrogen and oxygen atoms in total. The molecule has 0 aromatic carbocycles. The van der Waals surface area contributed by atoms with Gasteiger partial charge in [0.25, 0.3) is 0 Å². The molecule has 3 heteroatoms. The normalized spacial score (nSPS) is 26.5. The van der Waals surface area contributed by atoms with Gasteiger partial charge in [-0.25, -0.2) is 0 Å². The number of aliphatic hydroxyl groups is 1. The summed E-state index contributed by atoms with van der Waals surface area (Å²) in [6, 6.07) is 0.514. The number of hydrogen-bond donors (Lipinski definition) is 2. The minimum Gasteiger partial charge on any atom is -0.379 e. The SMILES string of the molecule is CC(C)(C)CC(C)(C)CSCC1CCC(O)N1. The summed E-state index contributed by atoms with van der Waals surface area (Å²) >= 11 is 2.03. The Morgan fingerprint density at radius 3 is 2.29 bits per heavy atom. The Labute approximate surface area is 111 Å². The molecule has 0 aliphatic carbocycles. The second kappa shape index (κ2) is 5.94. The first-order valence-corrected chi connectivity index (χ1v) is 7.85. The first kappa shape index (κ1) is 15.3. The summed E-state index contributed by atoms with van der Waals surface area (Å²) in [5.74, 6) is 2.34. The largest absolute Gasteiger partial charge is 0.379 e.